The van der Waals surface area contributed by atoms with Gasteiger partial charge in [-0.1, -0.05) is 36.4 Å². The third-order valence-corrected chi connectivity index (χ3v) is 6.91. The zero-order chi connectivity index (χ0) is 18.4. The maximum atomic E-state index is 12.5. The van der Waals surface area contributed by atoms with Gasteiger partial charge >= 0.3 is 0 Å². The van der Waals surface area contributed by atoms with Crippen LogP contribution in [0.2, 0.25) is 0 Å². The normalized spacial score (nSPS) is 24.4. The second-order valence-corrected chi connectivity index (χ2v) is 9.53. The van der Waals surface area contributed by atoms with Crippen molar-refractivity contribution >= 4 is 38.7 Å². The minimum Gasteiger partial charge on any atom is -0.272 e. The van der Waals surface area contributed by atoms with Crippen molar-refractivity contribution in [2.75, 3.05) is 12.8 Å². The van der Waals surface area contributed by atoms with Crippen molar-refractivity contribution in [1.29, 1.82) is 0 Å². The molecule has 0 unspecified atom stereocenters. The lowest BCUT2D eigenvalue weighted by molar-refractivity contribution is 0.517. The molecule has 0 N–H and O–H groups in total. The van der Waals surface area contributed by atoms with Gasteiger partial charge in [0.2, 0.25) is 10.0 Å². The molecule has 3 heterocycles. The fourth-order valence-electron chi connectivity index (χ4n) is 3.78. The number of allylic oxidation sites excluding steroid dienone is 1. The highest BCUT2D eigenvalue weighted by atomic mass is 32.2. The van der Waals surface area contributed by atoms with Crippen LogP contribution in [0.1, 0.15) is 23.8 Å². The van der Waals surface area contributed by atoms with E-state index < -0.39 is 15.6 Å². The summed E-state index contributed by atoms with van der Waals surface area (Å²) in [6.45, 7) is 2.42. The van der Waals surface area contributed by atoms with Crippen LogP contribution in [0.15, 0.2) is 64.6 Å². The molecule has 1 aromatic carbocycles. The van der Waals surface area contributed by atoms with Crippen molar-refractivity contribution in [1.82, 2.24) is 4.31 Å². The van der Waals surface area contributed by atoms with Crippen molar-refractivity contribution in [2.45, 2.75) is 18.9 Å². The summed E-state index contributed by atoms with van der Waals surface area (Å²) < 4.78 is 26.5. The first-order valence-electron chi connectivity index (χ1n) is 8.48. The van der Waals surface area contributed by atoms with Gasteiger partial charge in [-0.25, -0.2) is 8.42 Å². The van der Waals surface area contributed by atoms with E-state index in [1.807, 2.05) is 54.8 Å². The topological polar surface area (TPSA) is 49.7 Å². The fraction of sp³-hybridized carbons (Fsp3) is 0.250. The monoisotopic (exact) mass is 384 g/mol. The molecule has 26 heavy (non-hydrogen) atoms. The smallest absolute Gasteiger partial charge is 0.232 e. The summed E-state index contributed by atoms with van der Waals surface area (Å²) in [5, 5.41) is 2.04. The maximum Gasteiger partial charge on any atom is 0.232 e. The Kier molecular flexibility index (Phi) is 4.12. The van der Waals surface area contributed by atoms with Gasteiger partial charge in [-0.3, -0.25) is 9.30 Å². The van der Waals surface area contributed by atoms with Gasteiger partial charge in [0.05, 0.1) is 12.0 Å². The number of hydrogen-bond donors (Lipinski definition) is 0. The van der Waals surface area contributed by atoms with Crippen LogP contribution in [0, 0.1) is 0 Å². The number of sulfonamides is 1. The Balaban J connectivity index is 1.92. The lowest BCUT2D eigenvalue weighted by Gasteiger charge is -2.28. The molecular formula is C20H20N2O2S2. The third kappa shape index (κ3) is 2.83. The lowest BCUT2D eigenvalue weighted by atomic mass is 9.86. The Morgan fingerprint density at radius 2 is 1.96 bits per heavy atom. The van der Waals surface area contributed by atoms with Crippen LogP contribution in [-0.2, 0) is 10.0 Å². The van der Waals surface area contributed by atoms with Gasteiger partial charge in [0, 0.05) is 29.1 Å². The number of nitrogens with zero attached hydrogens (tertiary/aromatic N) is 2. The molecule has 1 atom stereocenters. The summed E-state index contributed by atoms with van der Waals surface area (Å²) in [6.07, 6.45) is 5.98. The SMILES string of the molecule is CC1=N[C@]2(CCN(S(C)(=O)=O)/C2=C/c2ccccc2)C(c2cccs2)=C1. The van der Waals surface area contributed by atoms with Gasteiger partial charge in [0.25, 0.3) is 0 Å². The molecule has 0 radical (unpaired) electrons. The standard InChI is InChI=1S/C20H20N2O2S2/c1-15-13-17(18-9-6-12-25-18)20(21-15)10-11-22(26(2,23)24)19(20)14-16-7-4-3-5-8-16/h3-9,12-14H,10-11H2,1-2H3/b19-14+/t20-/m1/s1. The van der Waals surface area contributed by atoms with E-state index in [0.717, 1.165) is 27.4 Å². The van der Waals surface area contributed by atoms with Crippen LogP contribution >= 0.6 is 11.3 Å². The van der Waals surface area contributed by atoms with Gasteiger partial charge in [0.1, 0.15) is 5.54 Å². The molecule has 0 aliphatic carbocycles. The Hall–Kier alpha value is -2.18. The van der Waals surface area contributed by atoms with Crippen LogP contribution in [0.4, 0.5) is 0 Å². The van der Waals surface area contributed by atoms with Gasteiger partial charge in [0.15, 0.2) is 0 Å². The molecule has 1 aromatic heterocycles. The number of benzene rings is 1. The van der Waals surface area contributed by atoms with Crippen LogP contribution in [0.25, 0.3) is 11.6 Å². The summed E-state index contributed by atoms with van der Waals surface area (Å²) >= 11 is 1.66. The van der Waals surface area contributed by atoms with E-state index in [1.165, 1.54) is 10.6 Å². The van der Waals surface area contributed by atoms with Crippen LogP contribution in [0.5, 0.6) is 0 Å². The largest absolute Gasteiger partial charge is 0.272 e. The molecule has 6 heteroatoms. The summed E-state index contributed by atoms with van der Waals surface area (Å²) in [6, 6.07) is 13.9. The van der Waals surface area contributed by atoms with E-state index in [9.17, 15) is 8.42 Å². The predicted octanol–water partition coefficient (Wildman–Crippen LogP) is 4.05. The number of aliphatic imine (C=N–C) groups is 1. The van der Waals surface area contributed by atoms with Gasteiger partial charge < -0.3 is 0 Å². The molecule has 4 nitrogen and oxygen atoms in total. The third-order valence-electron chi connectivity index (χ3n) is 4.83. The molecule has 0 saturated carbocycles. The molecule has 1 spiro atoms. The summed E-state index contributed by atoms with van der Waals surface area (Å²) in [5.41, 5.74) is 3.11. The zero-order valence-electron chi connectivity index (χ0n) is 14.7. The molecular weight excluding hydrogens is 364 g/mol. The maximum absolute atomic E-state index is 12.5. The molecule has 0 amide bonds. The van der Waals surface area contributed by atoms with Crippen molar-refractivity contribution in [3.05, 3.63) is 70.1 Å². The second-order valence-electron chi connectivity index (χ2n) is 6.67. The first kappa shape index (κ1) is 17.2. The molecule has 2 aliphatic rings. The molecule has 4 rings (SSSR count). The molecule has 1 fully saturated rings. The van der Waals surface area contributed by atoms with Crippen molar-refractivity contribution in [3.63, 3.8) is 0 Å². The first-order chi connectivity index (χ1) is 12.4. The fourth-order valence-corrected chi connectivity index (χ4v) is 5.58. The Morgan fingerprint density at radius 1 is 1.19 bits per heavy atom. The minimum absolute atomic E-state index is 0.441. The van der Waals surface area contributed by atoms with Crippen LogP contribution < -0.4 is 0 Å². The second kappa shape index (κ2) is 6.21. The van der Waals surface area contributed by atoms with Crippen molar-refractivity contribution in [2.24, 2.45) is 4.99 Å². The van der Waals surface area contributed by atoms with Gasteiger partial charge in [-0.15, -0.1) is 11.3 Å². The number of hydrogen-bond acceptors (Lipinski definition) is 4. The number of rotatable bonds is 3. The zero-order valence-corrected chi connectivity index (χ0v) is 16.3. The predicted molar refractivity (Wildman–Crippen MR) is 109 cm³/mol. The van der Waals surface area contributed by atoms with E-state index in [4.69, 9.17) is 4.99 Å². The van der Waals surface area contributed by atoms with Gasteiger partial charge in [-0.05, 0) is 36.1 Å². The Labute approximate surface area is 158 Å². The quantitative estimate of drug-likeness (QED) is 0.801. The van der Waals surface area contributed by atoms with Crippen molar-refractivity contribution < 1.29 is 8.42 Å². The first-order valence-corrected chi connectivity index (χ1v) is 11.2. The highest BCUT2D eigenvalue weighted by Gasteiger charge is 2.50. The summed E-state index contributed by atoms with van der Waals surface area (Å²) in [4.78, 5) is 6.09. The van der Waals surface area contributed by atoms with Crippen LogP contribution in [0.3, 0.4) is 0 Å². The highest BCUT2D eigenvalue weighted by Crippen LogP contribution is 2.50. The molecule has 0 bridgehead atoms. The molecule has 2 aliphatic heterocycles. The molecule has 2 aromatic rings. The van der Waals surface area contributed by atoms with E-state index in [1.54, 1.807) is 11.3 Å². The highest BCUT2D eigenvalue weighted by molar-refractivity contribution is 7.88. The van der Waals surface area contributed by atoms with Crippen LogP contribution in [-0.4, -0.2) is 36.8 Å². The summed E-state index contributed by atoms with van der Waals surface area (Å²) in [5.74, 6) is 0. The minimum atomic E-state index is -3.37. The van der Waals surface area contributed by atoms with Crippen molar-refractivity contribution in [3.8, 4) is 0 Å². The Bertz CT molecular complexity index is 1020. The average Bonchev–Trinajstić information content (AvgIpc) is 3.29. The van der Waals surface area contributed by atoms with E-state index in [2.05, 4.69) is 12.1 Å². The van der Waals surface area contributed by atoms with E-state index in [0.29, 0.717) is 13.0 Å². The molecule has 1 saturated heterocycles. The lowest BCUT2D eigenvalue weighted by Crippen LogP contribution is -2.32. The Morgan fingerprint density at radius 3 is 2.62 bits per heavy atom. The molecule has 134 valence electrons. The van der Waals surface area contributed by atoms with E-state index >= 15 is 0 Å². The summed E-state index contributed by atoms with van der Waals surface area (Å²) in [7, 11) is -3.37. The number of thiophene rings is 1. The average molecular weight is 385 g/mol. The van der Waals surface area contributed by atoms with Gasteiger partial charge in [-0.2, -0.15) is 0 Å². The van der Waals surface area contributed by atoms with E-state index in [-0.39, 0.29) is 0 Å².